The molecular formula is C16H25N3. The molecule has 2 aliphatic carbocycles. The van der Waals surface area contributed by atoms with E-state index in [4.69, 9.17) is 4.98 Å². The lowest BCUT2D eigenvalue weighted by molar-refractivity contribution is 0.684. The summed E-state index contributed by atoms with van der Waals surface area (Å²) in [6.07, 6.45) is 6.57. The Morgan fingerprint density at radius 3 is 2.68 bits per heavy atom. The molecule has 2 saturated carbocycles. The van der Waals surface area contributed by atoms with E-state index in [1.807, 2.05) is 0 Å². The third kappa shape index (κ3) is 3.47. The van der Waals surface area contributed by atoms with Gasteiger partial charge in [-0.3, -0.25) is 0 Å². The summed E-state index contributed by atoms with van der Waals surface area (Å²) in [7, 11) is 0. The van der Waals surface area contributed by atoms with Crippen LogP contribution in [0.15, 0.2) is 12.1 Å². The van der Waals surface area contributed by atoms with Gasteiger partial charge in [0.1, 0.15) is 5.82 Å². The number of pyridine rings is 1. The van der Waals surface area contributed by atoms with E-state index < -0.39 is 0 Å². The average Bonchev–Trinajstić information content (AvgIpc) is 3.27. The molecular weight excluding hydrogens is 234 g/mol. The predicted molar refractivity (Wildman–Crippen MR) is 79.5 cm³/mol. The second-order valence-electron chi connectivity index (χ2n) is 6.05. The molecule has 19 heavy (non-hydrogen) atoms. The zero-order valence-electron chi connectivity index (χ0n) is 12.2. The van der Waals surface area contributed by atoms with Crippen molar-refractivity contribution < 1.29 is 0 Å². The lowest BCUT2D eigenvalue weighted by Crippen LogP contribution is -2.28. The molecule has 1 N–H and O–H groups in total. The highest BCUT2D eigenvalue weighted by Gasteiger charge is 2.29. The molecule has 0 aromatic carbocycles. The van der Waals surface area contributed by atoms with Crippen LogP contribution in [0.5, 0.6) is 0 Å². The highest BCUT2D eigenvalue weighted by molar-refractivity contribution is 5.45. The van der Waals surface area contributed by atoms with Gasteiger partial charge in [0.15, 0.2) is 0 Å². The highest BCUT2D eigenvalue weighted by Crippen LogP contribution is 2.31. The fourth-order valence-electron chi connectivity index (χ4n) is 2.63. The molecule has 0 saturated heterocycles. The molecule has 0 atom stereocenters. The Kier molecular flexibility index (Phi) is 3.74. The van der Waals surface area contributed by atoms with Crippen LogP contribution in [0.1, 0.15) is 50.3 Å². The van der Waals surface area contributed by atoms with Crippen molar-refractivity contribution in [3.8, 4) is 0 Å². The molecule has 1 heterocycles. The summed E-state index contributed by atoms with van der Waals surface area (Å²) in [5.74, 6) is 1.19. The van der Waals surface area contributed by atoms with Crippen LogP contribution in [0.2, 0.25) is 0 Å². The Hall–Kier alpha value is -1.09. The molecule has 0 amide bonds. The summed E-state index contributed by atoms with van der Waals surface area (Å²) in [6, 6.07) is 6.03. The third-order valence-corrected chi connectivity index (χ3v) is 3.92. The maximum atomic E-state index is 4.75. The van der Waals surface area contributed by atoms with E-state index in [-0.39, 0.29) is 0 Å². The first-order valence-electron chi connectivity index (χ1n) is 7.74. The van der Waals surface area contributed by atoms with E-state index in [1.165, 1.54) is 43.5 Å². The monoisotopic (exact) mass is 259 g/mol. The molecule has 3 nitrogen and oxygen atoms in total. The number of nitrogens with one attached hydrogen (secondary N) is 1. The fourth-order valence-corrected chi connectivity index (χ4v) is 2.63. The van der Waals surface area contributed by atoms with Crippen molar-refractivity contribution >= 4 is 5.82 Å². The van der Waals surface area contributed by atoms with Gasteiger partial charge in [-0.05, 0) is 56.7 Å². The normalized spacial score (nSPS) is 18.6. The number of rotatable bonds is 7. The van der Waals surface area contributed by atoms with Gasteiger partial charge >= 0.3 is 0 Å². The molecule has 2 fully saturated rings. The first kappa shape index (κ1) is 12.9. The molecule has 3 heteroatoms. The van der Waals surface area contributed by atoms with Gasteiger partial charge in [0.2, 0.25) is 0 Å². The second-order valence-corrected chi connectivity index (χ2v) is 6.05. The summed E-state index contributed by atoms with van der Waals surface area (Å²) in [5, 5.41) is 3.60. The fraction of sp³-hybridized carbons (Fsp3) is 0.688. The Labute approximate surface area is 116 Å². The van der Waals surface area contributed by atoms with Crippen molar-refractivity contribution in [3.63, 3.8) is 0 Å². The maximum Gasteiger partial charge on any atom is 0.129 e. The summed E-state index contributed by atoms with van der Waals surface area (Å²) < 4.78 is 0. The number of hydrogen-bond acceptors (Lipinski definition) is 3. The number of nitrogens with zero attached hydrogens (tertiary/aromatic N) is 2. The van der Waals surface area contributed by atoms with Gasteiger partial charge in [-0.2, -0.15) is 0 Å². The minimum atomic E-state index is 0.749. The molecule has 0 radical (unpaired) electrons. The van der Waals surface area contributed by atoms with Gasteiger partial charge in [0.05, 0.1) is 0 Å². The maximum absolute atomic E-state index is 4.75. The highest BCUT2D eigenvalue weighted by atomic mass is 15.2. The lowest BCUT2D eigenvalue weighted by Gasteiger charge is -2.24. The van der Waals surface area contributed by atoms with Gasteiger partial charge in [-0.1, -0.05) is 6.92 Å². The van der Waals surface area contributed by atoms with Crippen LogP contribution in [-0.4, -0.2) is 23.6 Å². The van der Waals surface area contributed by atoms with Gasteiger partial charge in [0, 0.05) is 30.9 Å². The zero-order valence-corrected chi connectivity index (χ0v) is 12.2. The Morgan fingerprint density at radius 2 is 2.05 bits per heavy atom. The van der Waals surface area contributed by atoms with E-state index in [0.29, 0.717) is 0 Å². The Bertz CT molecular complexity index is 436. The van der Waals surface area contributed by atoms with Crippen molar-refractivity contribution in [1.29, 1.82) is 0 Å². The number of anilines is 1. The molecule has 0 aliphatic heterocycles. The van der Waals surface area contributed by atoms with Crippen LogP contribution >= 0.6 is 0 Å². The SMILES string of the molecule is CCCN(c1cc(CNC2CC2)cc(C)n1)C1CC1. The van der Waals surface area contributed by atoms with Gasteiger partial charge in [0.25, 0.3) is 0 Å². The first-order valence-corrected chi connectivity index (χ1v) is 7.74. The molecule has 0 unspecified atom stereocenters. The summed E-state index contributed by atoms with van der Waals surface area (Å²) in [6.45, 7) is 6.49. The smallest absolute Gasteiger partial charge is 0.129 e. The van der Waals surface area contributed by atoms with E-state index in [2.05, 4.69) is 36.2 Å². The van der Waals surface area contributed by atoms with E-state index in [0.717, 1.165) is 30.9 Å². The predicted octanol–water partition coefficient (Wildman–Crippen LogP) is 3.02. The lowest BCUT2D eigenvalue weighted by atomic mass is 10.2. The minimum Gasteiger partial charge on any atom is -0.354 e. The quantitative estimate of drug-likeness (QED) is 0.816. The summed E-state index contributed by atoms with van der Waals surface area (Å²) in [5.41, 5.74) is 2.53. The Balaban J connectivity index is 1.74. The molecule has 2 aliphatic rings. The van der Waals surface area contributed by atoms with E-state index >= 15 is 0 Å². The molecule has 0 spiro atoms. The minimum absolute atomic E-state index is 0.749. The van der Waals surface area contributed by atoms with Crippen LogP contribution in [0.25, 0.3) is 0 Å². The zero-order chi connectivity index (χ0) is 13.2. The van der Waals surface area contributed by atoms with Crippen molar-refractivity contribution in [1.82, 2.24) is 10.3 Å². The van der Waals surface area contributed by atoms with Crippen molar-refractivity contribution in [2.75, 3.05) is 11.4 Å². The van der Waals surface area contributed by atoms with Crippen LogP contribution < -0.4 is 10.2 Å². The topological polar surface area (TPSA) is 28.2 Å². The standard InChI is InChI=1S/C16H25N3/c1-3-8-19(15-6-7-15)16-10-13(9-12(2)18-16)11-17-14-4-5-14/h9-10,14-15,17H,3-8,11H2,1-2H3. The number of aromatic nitrogens is 1. The van der Waals surface area contributed by atoms with E-state index in [9.17, 15) is 0 Å². The second kappa shape index (κ2) is 5.49. The van der Waals surface area contributed by atoms with Crippen LogP contribution in [0, 0.1) is 6.92 Å². The van der Waals surface area contributed by atoms with Crippen molar-refractivity contribution in [2.45, 2.75) is 64.6 Å². The number of aryl methyl sites for hydroxylation is 1. The molecule has 1 aromatic heterocycles. The first-order chi connectivity index (χ1) is 9.26. The molecule has 3 rings (SSSR count). The van der Waals surface area contributed by atoms with Gasteiger partial charge < -0.3 is 10.2 Å². The summed E-state index contributed by atoms with van der Waals surface area (Å²) >= 11 is 0. The van der Waals surface area contributed by atoms with Crippen LogP contribution in [0.4, 0.5) is 5.82 Å². The average molecular weight is 259 g/mol. The van der Waals surface area contributed by atoms with Crippen LogP contribution in [0.3, 0.4) is 0 Å². The molecule has 0 bridgehead atoms. The van der Waals surface area contributed by atoms with Crippen molar-refractivity contribution in [2.24, 2.45) is 0 Å². The van der Waals surface area contributed by atoms with Gasteiger partial charge in [-0.15, -0.1) is 0 Å². The van der Waals surface area contributed by atoms with Gasteiger partial charge in [-0.25, -0.2) is 4.98 Å². The largest absolute Gasteiger partial charge is 0.354 e. The van der Waals surface area contributed by atoms with Crippen molar-refractivity contribution in [3.05, 3.63) is 23.4 Å². The number of hydrogen-bond donors (Lipinski definition) is 1. The molecule has 104 valence electrons. The third-order valence-electron chi connectivity index (χ3n) is 3.92. The van der Waals surface area contributed by atoms with E-state index in [1.54, 1.807) is 0 Å². The summed E-state index contributed by atoms with van der Waals surface area (Å²) in [4.78, 5) is 7.26. The Morgan fingerprint density at radius 1 is 1.26 bits per heavy atom. The molecule has 1 aromatic rings. The van der Waals surface area contributed by atoms with Crippen LogP contribution in [-0.2, 0) is 6.54 Å².